The van der Waals surface area contributed by atoms with E-state index in [4.69, 9.17) is 0 Å². The Labute approximate surface area is 163 Å². The standard InChI is InChI=1S/C20H20N2O3S2/c1-14-3-7-16(8-4-14)18-13-26-20(21-18)22-19(23)11-12-27(24,25)17-9-5-15(2)6-10-17/h3-10,13H,11-12H2,1-2H3,(H,21,22,23). The van der Waals surface area contributed by atoms with Crippen LogP contribution in [0.4, 0.5) is 5.13 Å². The van der Waals surface area contributed by atoms with Crippen molar-refractivity contribution in [3.63, 3.8) is 0 Å². The number of thiazole rings is 1. The third kappa shape index (κ3) is 5.02. The van der Waals surface area contributed by atoms with Crippen LogP contribution < -0.4 is 5.32 Å². The molecule has 0 spiro atoms. The zero-order valence-corrected chi connectivity index (χ0v) is 16.7. The molecule has 0 radical (unpaired) electrons. The van der Waals surface area contributed by atoms with Crippen molar-refractivity contribution in [2.24, 2.45) is 0 Å². The van der Waals surface area contributed by atoms with Crippen LogP contribution in [0, 0.1) is 13.8 Å². The fraction of sp³-hybridized carbons (Fsp3) is 0.200. The Morgan fingerprint density at radius 1 is 1.00 bits per heavy atom. The van der Waals surface area contributed by atoms with E-state index in [1.807, 2.05) is 43.5 Å². The van der Waals surface area contributed by atoms with Crippen LogP contribution in [0.3, 0.4) is 0 Å². The lowest BCUT2D eigenvalue weighted by Gasteiger charge is -2.05. The van der Waals surface area contributed by atoms with Gasteiger partial charge < -0.3 is 5.32 Å². The van der Waals surface area contributed by atoms with Gasteiger partial charge in [0, 0.05) is 17.4 Å². The minimum Gasteiger partial charge on any atom is -0.302 e. The van der Waals surface area contributed by atoms with Crippen molar-refractivity contribution in [2.45, 2.75) is 25.2 Å². The lowest BCUT2D eigenvalue weighted by atomic mass is 10.1. The summed E-state index contributed by atoms with van der Waals surface area (Å²) in [4.78, 5) is 16.8. The van der Waals surface area contributed by atoms with E-state index in [0.29, 0.717) is 5.13 Å². The Morgan fingerprint density at radius 3 is 2.22 bits per heavy atom. The number of carbonyl (C=O) groups is 1. The highest BCUT2D eigenvalue weighted by Crippen LogP contribution is 2.25. The van der Waals surface area contributed by atoms with Gasteiger partial charge in [0.05, 0.1) is 16.3 Å². The number of nitrogens with zero attached hydrogens (tertiary/aromatic N) is 1. The van der Waals surface area contributed by atoms with Gasteiger partial charge >= 0.3 is 0 Å². The monoisotopic (exact) mass is 400 g/mol. The molecule has 1 N–H and O–H groups in total. The molecule has 0 saturated heterocycles. The topological polar surface area (TPSA) is 76.1 Å². The second-order valence-corrected chi connectivity index (χ2v) is 9.30. The molecule has 3 aromatic rings. The maximum atomic E-state index is 12.3. The van der Waals surface area contributed by atoms with Crippen molar-refractivity contribution in [1.29, 1.82) is 0 Å². The molecule has 0 saturated carbocycles. The first-order valence-corrected chi connectivity index (χ1v) is 11.0. The quantitative estimate of drug-likeness (QED) is 0.672. The predicted molar refractivity (Wildman–Crippen MR) is 109 cm³/mol. The average molecular weight is 401 g/mol. The molecule has 0 aliphatic heterocycles. The Bertz CT molecular complexity index is 1040. The molecular weight excluding hydrogens is 380 g/mol. The second-order valence-electron chi connectivity index (χ2n) is 6.33. The molecule has 5 nitrogen and oxygen atoms in total. The number of amides is 1. The van der Waals surface area contributed by atoms with Crippen molar-refractivity contribution in [1.82, 2.24) is 4.98 Å². The number of benzene rings is 2. The predicted octanol–water partition coefficient (Wildman–Crippen LogP) is 4.23. The average Bonchev–Trinajstić information content (AvgIpc) is 3.09. The number of nitrogens with one attached hydrogen (secondary N) is 1. The van der Waals surface area contributed by atoms with E-state index in [-0.39, 0.29) is 23.0 Å². The SMILES string of the molecule is Cc1ccc(-c2csc(NC(=O)CCS(=O)(=O)c3ccc(C)cc3)n2)cc1. The number of anilines is 1. The normalized spacial score (nSPS) is 11.3. The van der Waals surface area contributed by atoms with Gasteiger partial charge in [-0.3, -0.25) is 4.79 Å². The van der Waals surface area contributed by atoms with Crippen LogP contribution in [0.5, 0.6) is 0 Å². The molecule has 27 heavy (non-hydrogen) atoms. The summed E-state index contributed by atoms with van der Waals surface area (Å²) in [6.45, 7) is 3.91. The minimum atomic E-state index is -3.48. The van der Waals surface area contributed by atoms with Gasteiger partial charge in [0.15, 0.2) is 15.0 Å². The summed E-state index contributed by atoms with van der Waals surface area (Å²) >= 11 is 1.32. The molecule has 0 aliphatic rings. The number of sulfone groups is 1. The molecule has 7 heteroatoms. The van der Waals surface area contributed by atoms with Crippen LogP contribution >= 0.6 is 11.3 Å². The van der Waals surface area contributed by atoms with Gasteiger partial charge in [0.1, 0.15) is 0 Å². The van der Waals surface area contributed by atoms with Crippen LogP contribution in [0.15, 0.2) is 58.8 Å². The molecular formula is C20H20N2O3S2. The number of carbonyl (C=O) groups excluding carboxylic acids is 1. The van der Waals surface area contributed by atoms with Crippen LogP contribution in [0.2, 0.25) is 0 Å². The molecule has 0 fully saturated rings. The molecule has 1 aromatic heterocycles. The maximum Gasteiger partial charge on any atom is 0.227 e. The van der Waals surface area contributed by atoms with Crippen molar-refractivity contribution < 1.29 is 13.2 Å². The second kappa shape index (κ2) is 8.02. The molecule has 3 rings (SSSR count). The summed E-state index contributed by atoms with van der Waals surface area (Å²) < 4.78 is 24.6. The van der Waals surface area contributed by atoms with Crippen LogP contribution in [0.1, 0.15) is 17.5 Å². The lowest BCUT2D eigenvalue weighted by molar-refractivity contribution is -0.115. The summed E-state index contributed by atoms with van der Waals surface area (Å²) in [5.41, 5.74) is 3.90. The number of aryl methyl sites for hydroxylation is 2. The van der Waals surface area contributed by atoms with E-state index < -0.39 is 9.84 Å². The van der Waals surface area contributed by atoms with Crippen LogP contribution in [-0.4, -0.2) is 25.1 Å². The van der Waals surface area contributed by atoms with E-state index >= 15 is 0 Å². The largest absolute Gasteiger partial charge is 0.302 e. The molecule has 1 heterocycles. The maximum absolute atomic E-state index is 12.3. The number of rotatable bonds is 6. The van der Waals surface area contributed by atoms with Crippen molar-refractivity contribution in [3.8, 4) is 11.3 Å². The van der Waals surface area contributed by atoms with Crippen molar-refractivity contribution >= 4 is 32.2 Å². The molecule has 0 atom stereocenters. The van der Waals surface area contributed by atoms with Gasteiger partial charge in [0.2, 0.25) is 5.91 Å². The fourth-order valence-corrected chi connectivity index (χ4v) is 4.44. The summed E-state index contributed by atoms with van der Waals surface area (Å²) in [6, 6.07) is 14.6. The van der Waals surface area contributed by atoms with E-state index in [1.165, 1.54) is 11.3 Å². The van der Waals surface area contributed by atoms with E-state index in [0.717, 1.165) is 22.4 Å². The van der Waals surface area contributed by atoms with E-state index in [2.05, 4.69) is 10.3 Å². The van der Waals surface area contributed by atoms with E-state index in [1.54, 1.807) is 24.3 Å². The summed E-state index contributed by atoms with van der Waals surface area (Å²) in [5, 5.41) is 5.01. The van der Waals surface area contributed by atoms with Crippen molar-refractivity contribution in [2.75, 3.05) is 11.1 Å². The van der Waals surface area contributed by atoms with Gasteiger partial charge in [-0.2, -0.15) is 0 Å². The Morgan fingerprint density at radius 2 is 1.59 bits per heavy atom. The highest BCUT2D eigenvalue weighted by Gasteiger charge is 2.17. The van der Waals surface area contributed by atoms with Gasteiger partial charge in [0.25, 0.3) is 0 Å². The Kier molecular flexibility index (Phi) is 5.72. The smallest absolute Gasteiger partial charge is 0.227 e. The first kappa shape index (κ1) is 19.3. The molecule has 2 aromatic carbocycles. The van der Waals surface area contributed by atoms with Crippen LogP contribution in [0.25, 0.3) is 11.3 Å². The zero-order chi connectivity index (χ0) is 19.4. The van der Waals surface area contributed by atoms with Crippen LogP contribution in [-0.2, 0) is 14.6 Å². The zero-order valence-electron chi connectivity index (χ0n) is 15.1. The minimum absolute atomic E-state index is 0.115. The third-order valence-corrected chi connectivity index (χ3v) is 6.57. The number of hydrogen-bond donors (Lipinski definition) is 1. The first-order valence-electron chi connectivity index (χ1n) is 8.45. The van der Waals surface area contributed by atoms with Gasteiger partial charge in [-0.1, -0.05) is 47.5 Å². The van der Waals surface area contributed by atoms with E-state index in [9.17, 15) is 13.2 Å². The fourth-order valence-electron chi connectivity index (χ4n) is 2.46. The molecule has 1 amide bonds. The Balaban J connectivity index is 1.59. The van der Waals surface area contributed by atoms with Crippen molar-refractivity contribution in [3.05, 3.63) is 65.0 Å². The summed E-state index contributed by atoms with van der Waals surface area (Å²) in [7, 11) is -3.48. The molecule has 140 valence electrons. The first-order chi connectivity index (χ1) is 12.8. The van der Waals surface area contributed by atoms with Gasteiger partial charge in [-0.15, -0.1) is 11.3 Å². The van der Waals surface area contributed by atoms with Gasteiger partial charge in [-0.25, -0.2) is 13.4 Å². The van der Waals surface area contributed by atoms with Gasteiger partial charge in [-0.05, 0) is 26.0 Å². The summed E-state index contributed by atoms with van der Waals surface area (Å²) in [5.74, 6) is -0.603. The molecule has 0 bridgehead atoms. The lowest BCUT2D eigenvalue weighted by Crippen LogP contribution is -2.17. The Hall–Kier alpha value is -2.51. The summed E-state index contributed by atoms with van der Waals surface area (Å²) in [6.07, 6.45) is -0.115. The molecule has 0 unspecified atom stereocenters. The highest BCUT2D eigenvalue weighted by molar-refractivity contribution is 7.91. The number of aromatic nitrogens is 1. The third-order valence-electron chi connectivity index (χ3n) is 4.08. The number of hydrogen-bond acceptors (Lipinski definition) is 5. The highest BCUT2D eigenvalue weighted by atomic mass is 32.2. The molecule has 0 aliphatic carbocycles.